The highest BCUT2D eigenvalue weighted by Crippen LogP contribution is 2.36. The summed E-state index contributed by atoms with van der Waals surface area (Å²) in [6.45, 7) is 9.98. The van der Waals surface area contributed by atoms with E-state index in [0.29, 0.717) is 5.56 Å². The zero-order chi connectivity index (χ0) is 31.5. The molecule has 3 rings (SSSR count). The fourth-order valence-corrected chi connectivity index (χ4v) is 6.06. The molecule has 4 N–H and O–H groups in total. The van der Waals surface area contributed by atoms with Crippen LogP contribution in [0.5, 0.6) is 0 Å². The molecule has 2 unspecified atom stereocenters. The number of carboxylic acid groups (broad SMARTS) is 1. The molecule has 0 fully saturated rings. The number of carbonyl (C=O) groups is 2. The summed E-state index contributed by atoms with van der Waals surface area (Å²) < 4.78 is 33.9. The van der Waals surface area contributed by atoms with E-state index in [4.69, 9.17) is 10.5 Å². The Labute approximate surface area is 247 Å². The smallest absolute Gasteiger partial charge is 0.416 e. The van der Waals surface area contributed by atoms with Crippen LogP contribution in [-0.4, -0.2) is 54.2 Å². The van der Waals surface area contributed by atoms with Gasteiger partial charge in [-0.15, -0.1) is 0 Å². The monoisotopic (exact) mass is 597 g/mol. The van der Waals surface area contributed by atoms with Crippen molar-refractivity contribution in [1.82, 2.24) is 9.97 Å². The summed E-state index contributed by atoms with van der Waals surface area (Å²) in [4.78, 5) is 33.3. The maximum absolute atomic E-state index is 14.2. The van der Waals surface area contributed by atoms with E-state index in [2.05, 4.69) is 15.3 Å². The minimum Gasteiger partial charge on any atom is -0.480 e. The molecule has 226 valence electrons. The Balaban J connectivity index is 2.27. The normalized spacial score (nSPS) is 14.4. The Bertz CT molecular complexity index is 1520. The van der Waals surface area contributed by atoms with E-state index >= 15 is 0 Å². The summed E-state index contributed by atoms with van der Waals surface area (Å²) in [6, 6.07) is 12.9. The predicted molar refractivity (Wildman–Crippen MR) is 161 cm³/mol. The average Bonchev–Trinajstić information content (AvgIpc) is 2.90. The van der Waals surface area contributed by atoms with Crippen LogP contribution in [0.15, 0.2) is 71.9 Å². The van der Waals surface area contributed by atoms with Gasteiger partial charge >= 0.3 is 12.1 Å². The molecule has 2 atom stereocenters. The summed E-state index contributed by atoms with van der Waals surface area (Å²) in [5.41, 5.74) is 6.29. The number of nitrogens with one attached hydrogen (secondary N) is 1. The molecule has 0 aliphatic carbocycles. The first-order valence-electron chi connectivity index (χ1n) is 13.3. The Morgan fingerprint density at radius 1 is 1.02 bits per heavy atom. The number of anilines is 2. The average molecular weight is 598 g/mol. The van der Waals surface area contributed by atoms with Gasteiger partial charge in [-0.3, -0.25) is 4.98 Å². The summed E-state index contributed by atoms with van der Waals surface area (Å²) in [5, 5.41) is 13.2. The Hall–Kier alpha value is -4.03. The lowest BCUT2D eigenvalue weighted by Gasteiger charge is -2.37. The first-order chi connectivity index (χ1) is 19.4. The van der Waals surface area contributed by atoms with E-state index < -0.39 is 43.8 Å². The number of hydrogen-bond donors (Lipinski definition) is 3. The van der Waals surface area contributed by atoms with Crippen molar-refractivity contribution in [1.29, 1.82) is 0 Å². The van der Waals surface area contributed by atoms with Gasteiger partial charge in [-0.2, -0.15) is 0 Å². The summed E-state index contributed by atoms with van der Waals surface area (Å²) >= 11 is 0. The highest BCUT2D eigenvalue weighted by molar-refractivity contribution is 7.92. The number of hydrogen-bond acceptors (Lipinski definition) is 9. The summed E-state index contributed by atoms with van der Waals surface area (Å²) in [7, 11) is -2.57. The number of carbonyl (C=O) groups excluding carboxylic acids is 1. The second kappa shape index (κ2) is 12.1. The molecule has 0 saturated heterocycles. The fourth-order valence-electron chi connectivity index (χ4n) is 4.44. The van der Waals surface area contributed by atoms with Crippen LogP contribution >= 0.6 is 0 Å². The molecule has 11 nitrogen and oxygen atoms in total. The number of aliphatic carboxylic acids is 1. The quantitative estimate of drug-likeness (QED) is 0.318. The summed E-state index contributed by atoms with van der Waals surface area (Å²) in [6.07, 6.45) is 1.52. The number of ether oxygens (including phenoxy) is 1. The van der Waals surface area contributed by atoms with Crippen molar-refractivity contribution in [3.63, 3.8) is 0 Å². The van der Waals surface area contributed by atoms with Crippen LogP contribution in [0, 0.1) is 5.41 Å². The minimum absolute atomic E-state index is 0.0897. The molecule has 2 heterocycles. The number of nitrogens with two attached hydrogens (primary N) is 1. The van der Waals surface area contributed by atoms with E-state index in [1.165, 1.54) is 42.7 Å². The third kappa shape index (κ3) is 7.05. The third-order valence-corrected chi connectivity index (χ3v) is 8.63. The molecule has 0 bridgehead atoms. The molecule has 0 aliphatic heterocycles. The number of pyridine rings is 2. The topological polar surface area (TPSA) is 165 Å². The van der Waals surface area contributed by atoms with E-state index in [-0.39, 0.29) is 22.8 Å². The maximum atomic E-state index is 14.2. The molecule has 0 radical (unpaired) electrons. The number of carboxylic acids is 1. The highest BCUT2D eigenvalue weighted by atomic mass is 32.2. The van der Waals surface area contributed by atoms with Gasteiger partial charge in [-0.25, -0.2) is 27.9 Å². The van der Waals surface area contributed by atoms with Crippen LogP contribution in [0.2, 0.25) is 0 Å². The zero-order valence-electron chi connectivity index (χ0n) is 25.0. The first kappa shape index (κ1) is 32.5. The summed E-state index contributed by atoms with van der Waals surface area (Å²) in [5.74, 6) is -1.40. The van der Waals surface area contributed by atoms with Gasteiger partial charge in [-0.05, 0) is 68.1 Å². The molecule has 1 amide bonds. The number of rotatable bonds is 9. The molecule has 0 saturated carbocycles. The standard InChI is InChI=1S/C30H39N5O6S/c1-28(2,3)25(26(36)37)35(27(38)41-29(4,5)6)24-12-8-11-23(34-24)30(31,18-20-13-15-21(32-7)16-14-20)42(39,40)22-10-9-17-33-19-22/h8-17,19,25,32H,18,31H2,1-7H3,(H,36,37). The number of sulfone groups is 1. The largest absolute Gasteiger partial charge is 0.480 e. The third-order valence-electron chi connectivity index (χ3n) is 6.45. The van der Waals surface area contributed by atoms with Crippen LogP contribution in [-0.2, 0) is 30.7 Å². The van der Waals surface area contributed by atoms with Crippen molar-refractivity contribution in [2.75, 3.05) is 17.3 Å². The lowest BCUT2D eigenvalue weighted by molar-refractivity contribution is -0.141. The SMILES string of the molecule is CNc1ccc(CC(N)(c2cccc(N(C(=O)OC(C)(C)C)C(C(=O)O)C(C)(C)C)n2)S(=O)(=O)c2cccnc2)cc1. The molecule has 3 aromatic rings. The van der Waals surface area contributed by atoms with Crippen LogP contribution in [0.3, 0.4) is 0 Å². The lowest BCUT2D eigenvalue weighted by atomic mass is 9.85. The van der Waals surface area contributed by atoms with Gasteiger partial charge in [-0.1, -0.05) is 39.0 Å². The van der Waals surface area contributed by atoms with Gasteiger partial charge in [0.1, 0.15) is 17.5 Å². The van der Waals surface area contributed by atoms with Crippen LogP contribution < -0.4 is 16.0 Å². The van der Waals surface area contributed by atoms with Crippen LogP contribution in [0.4, 0.5) is 16.3 Å². The molecular weight excluding hydrogens is 558 g/mol. The zero-order valence-corrected chi connectivity index (χ0v) is 25.8. The number of amides is 1. The molecule has 0 spiro atoms. The van der Waals surface area contributed by atoms with Crippen molar-refractivity contribution in [2.45, 2.75) is 69.4 Å². The molecule has 2 aromatic heterocycles. The van der Waals surface area contributed by atoms with Gasteiger partial charge < -0.3 is 20.9 Å². The van der Waals surface area contributed by atoms with Gasteiger partial charge in [0.2, 0.25) is 9.84 Å². The van der Waals surface area contributed by atoms with E-state index in [9.17, 15) is 23.1 Å². The predicted octanol–water partition coefficient (Wildman–Crippen LogP) is 4.59. The number of aromatic nitrogens is 2. The van der Waals surface area contributed by atoms with Crippen LogP contribution in [0.1, 0.15) is 52.8 Å². The van der Waals surface area contributed by atoms with Crippen molar-refractivity contribution >= 4 is 33.4 Å². The number of benzene rings is 1. The number of nitrogens with zero attached hydrogens (tertiary/aromatic N) is 3. The second-order valence-electron chi connectivity index (χ2n) is 12.0. The van der Waals surface area contributed by atoms with E-state index in [1.807, 2.05) is 0 Å². The van der Waals surface area contributed by atoms with E-state index in [1.54, 1.807) is 72.9 Å². The Morgan fingerprint density at radius 2 is 1.67 bits per heavy atom. The lowest BCUT2D eigenvalue weighted by Crippen LogP contribution is -2.54. The van der Waals surface area contributed by atoms with Gasteiger partial charge in [0.15, 0.2) is 4.87 Å². The van der Waals surface area contributed by atoms with E-state index in [0.717, 1.165) is 10.6 Å². The molecule has 1 aromatic carbocycles. The first-order valence-corrected chi connectivity index (χ1v) is 14.8. The van der Waals surface area contributed by atoms with Gasteiger partial charge in [0.05, 0.1) is 10.6 Å². The second-order valence-corrected chi connectivity index (χ2v) is 14.3. The van der Waals surface area contributed by atoms with Crippen molar-refractivity contribution in [2.24, 2.45) is 11.1 Å². The van der Waals surface area contributed by atoms with Crippen LogP contribution in [0.25, 0.3) is 0 Å². The van der Waals surface area contributed by atoms with Gasteiger partial charge in [0.25, 0.3) is 0 Å². The molecule has 12 heteroatoms. The maximum Gasteiger partial charge on any atom is 0.416 e. The Kier molecular flexibility index (Phi) is 9.33. The molecule has 42 heavy (non-hydrogen) atoms. The Morgan fingerprint density at radius 3 is 2.17 bits per heavy atom. The molecular formula is C30H39N5O6S. The van der Waals surface area contributed by atoms with Crippen molar-refractivity contribution in [3.05, 3.63) is 78.2 Å². The van der Waals surface area contributed by atoms with Gasteiger partial charge in [0, 0.05) is 31.5 Å². The highest BCUT2D eigenvalue weighted by Gasteiger charge is 2.47. The fraction of sp³-hybridized carbons (Fsp3) is 0.400. The molecule has 0 aliphatic rings. The van der Waals surface area contributed by atoms with Crippen molar-refractivity contribution in [3.8, 4) is 0 Å². The minimum atomic E-state index is -4.34. The van der Waals surface area contributed by atoms with Crippen molar-refractivity contribution < 1.29 is 27.9 Å².